The first kappa shape index (κ1) is 37.7. The molecular formula is C27H28N4O14S3. The van der Waals surface area contributed by atoms with Crippen LogP contribution in [0.2, 0.25) is 0 Å². The average Bonchev–Trinajstić information content (AvgIpc) is 2.98. The van der Waals surface area contributed by atoms with Gasteiger partial charge in [0.15, 0.2) is 26.3 Å². The smallest absolute Gasteiger partial charge is 0.397 e. The van der Waals surface area contributed by atoms with E-state index in [0.717, 1.165) is 6.07 Å². The fourth-order valence-electron chi connectivity index (χ4n) is 4.18. The molecule has 18 nitrogen and oxygen atoms in total. The van der Waals surface area contributed by atoms with Gasteiger partial charge in [-0.25, -0.2) is 21.6 Å². The number of benzene rings is 3. The van der Waals surface area contributed by atoms with E-state index < -0.39 is 76.8 Å². The van der Waals surface area contributed by atoms with Crippen LogP contribution in [0.4, 0.5) is 11.4 Å². The van der Waals surface area contributed by atoms with Crippen LogP contribution >= 0.6 is 0 Å². The molecule has 21 heteroatoms. The van der Waals surface area contributed by atoms with Crippen molar-refractivity contribution in [2.75, 3.05) is 37.4 Å². The van der Waals surface area contributed by atoms with E-state index in [4.69, 9.17) is 14.0 Å². The van der Waals surface area contributed by atoms with Gasteiger partial charge in [0.05, 0.1) is 53.3 Å². The van der Waals surface area contributed by atoms with Crippen molar-refractivity contribution < 1.29 is 53.7 Å². The Morgan fingerprint density at radius 1 is 0.896 bits per heavy atom. The molecular weight excluding hydrogens is 701 g/mol. The van der Waals surface area contributed by atoms with Gasteiger partial charge >= 0.3 is 16.4 Å². The van der Waals surface area contributed by atoms with Gasteiger partial charge < -0.3 is 19.1 Å². The summed E-state index contributed by atoms with van der Waals surface area (Å²) in [6.45, 7) is 5.66. The van der Waals surface area contributed by atoms with Crippen LogP contribution in [0.25, 0.3) is 4.91 Å². The summed E-state index contributed by atoms with van der Waals surface area (Å²) in [6, 6.07) is 5.76. The first-order chi connectivity index (χ1) is 22.3. The maximum Gasteiger partial charge on any atom is 0.397 e. The highest BCUT2D eigenvalue weighted by atomic mass is 32.3. The highest BCUT2D eigenvalue weighted by molar-refractivity contribution is 7.91. The molecule has 0 fully saturated rings. The molecule has 0 radical (unpaired) electrons. The number of carboxylic acid groups (broad SMARTS) is 1. The molecule has 0 spiro atoms. The molecule has 3 rings (SSSR count). The molecule has 0 heterocycles. The second-order valence-corrected chi connectivity index (χ2v) is 13.8. The topological polar surface area (TPSA) is 274 Å². The number of carbonyl (C=O) groups is 1. The molecule has 0 amide bonds. The third-order valence-electron chi connectivity index (χ3n) is 6.47. The van der Waals surface area contributed by atoms with E-state index in [1.807, 2.05) is 0 Å². The van der Waals surface area contributed by atoms with Gasteiger partial charge in [-0.2, -0.15) is 18.6 Å². The van der Waals surface area contributed by atoms with E-state index in [9.17, 15) is 45.1 Å². The second kappa shape index (κ2) is 15.0. The number of aryl methyl sites for hydroxylation is 2. The van der Waals surface area contributed by atoms with E-state index in [2.05, 4.69) is 31.8 Å². The van der Waals surface area contributed by atoms with Crippen molar-refractivity contribution in [1.29, 1.82) is 0 Å². The molecule has 3 aromatic rings. The Bertz CT molecular complexity index is 2280. The molecule has 0 aliphatic heterocycles. The largest absolute Gasteiger partial charge is 0.494 e. The standard InChI is InChI=1S/C27H28N4O14S3/c1-13-8-18(21(43-4)11-16(13)15(3)46(36)37)28-30-24-17(27(34)35)10-20(32)25(26(24)33)31-29-19-9-14(2)23(12-22(19)44-5)47(38,39)7-6-45-48(40,41)42/h8-12,28-29H,3,6-7H2,1-2,4-5H3,(H,34,35)(H,36,37)(H,40,41,42). The number of ether oxygens (including phenoxy) is 2. The summed E-state index contributed by atoms with van der Waals surface area (Å²) < 4.78 is 91.2. The zero-order chi connectivity index (χ0) is 36.1. The lowest BCUT2D eigenvalue weighted by molar-refractivity contribution is 0.0694. The van der Waals surface area contributed by atoms with Crippen molar-refractivity contribution in [2.45, 2.75) is 18.7 Å². The summed E-state index contributed by atoms with van der Waals surface area (Å²) >= 11 is -2.38. The summed E-state index contributed by atoms with van der Waals surface area (Å²) in [6.07, 6.45) is 0. The van der Waals surface area contributed by atoms with Crippen molar-refractivity contribution in [1.82, 2.24) is 0 Å². The zero-order valence-electron chi connectivity index (χ0n) is 25.5. The number of aromatic carboxylic acids is 1. The molecule has 0 aliphatic carbocycles. The van der Waals surface area contributed by atoms with Gasteiger partial charge in [0.1, 0.15) is 16.9 Å². The Hall–Kier alpha value is -4.80. The maximum absolute atomic E-state index is 13.4. The number of hydrogen-bond acceptors (Lipinski definition) is 15. The van der Waals surface area contributed by atoms with Gasteiger partial charge in [-0.15, -0.1) is 0 Å². The van der Waals surface area contributed by atoms with Gasteiger partial charge in [-0.1, -0.05) is 6.58 Å². The Morgan fingerprint density at radius 2 is 1.44 bits per heavy atom. The lowest BCUT2D eigenvalue weighted by Gasteiger charge is -2.13. The Kier molecular flexibility index (Phi) is 11.7. The van der Waals surface area contributed by atoms with Crippen LogP contribution in [0.15, 0.2) is 61.6 Å². The first-order valence-electron chi connectivity index (χ1n) is 13.0. The molecule has 1 unspecified atom stereocenters. The van der Waals surface area contributed by atoms with Crippen molar-refractivity contribution in [2.24, 2.45) is 10.2 Å². The fourth-order valence-corrected chi connectivity index (χ4v) is 6.35. The molecule has 0 aliphatic rings. The molecule has 0 saturated heterocycles. The monoisotopic (exact) mass is 728 g/mol. The number of hydrogen-bond donors (Lipinski definition) is 5. The predicted molar refractivity (Wildman–Crippen MR) is 172 cm³/mol. The minimum atomic E-state index is -4.87. The summed E-state index contributed by atoms with van der Waals surface area (Å²) in [5.41, 5.74) is 2.84. The second-order valence-electron chi connectivity index (χ2n) is 9.63. The summed E-state index contributed by atoms with van der Waals surface area (Å²) in [7, 11) is -6.57. The number of nitrogens with one attached hydrogen (secondary N) is 2. The molecule has 5 N–H and O–H groups in total. The summed E-state index contributed by atoms with van der Waals surface area (Å²) in [5, 5.41) is 15.9. The molecule has 258 valence electrons. The van der Waals surface area contributed by atoms with Crippen molar-refractivity contribution in [3.63, 3.8) is 0 Å². The number of nitrogens with zero attached hydrogens (tertiary/aromatic N) is 2. The highest BCUT2D eigenvalue weighted by Gasteiger charge is 2.22. The van der Waals surface area contributed by atoms with Gasteiger partial charge in [0.25, 0.3) is 0 Å². The Labute approximate surface area is 274 Å². The van der Waals surface area contributed by atoms with Crippen molar-refractivity contribution in [3.05, 3.63) is 90.3 Å². The van der Waals surface area contributed by atoms with Crippen LogP contribution in [0.1, 0.15) is 27.0 Å². The predicted octanol–water partition coefficient (Wildman–Crippen LogP) is 0.256. The van der Waals surface area contributed by atoms with Crippen LogP contribution in [0, 0.1) is 13.8 Å². The minimum absolute atomic E-state index is 0.0217. The molecule has 3 aromatic carbocycles. The third-order valence-corrected chi connectivity index (χ3v) is 9.40. The third kappa shape index (κ3) is 8.76. The number of sulfone groups is 1. The van der Waals surface area contributed by atoms with Crippen LogP contribution in [0.5, 0.6) is 11.5 Å². The van der Waals surface area contributed by atoms with E-state index >= 15 is 0 Å². The molecule has 48 heavy (non-hydrogen) atoms. The molecule has 0 bridgehead atoms. The van der Waals surface area contributed by atoms with Gasteiger partial charge in [-0.3, -0.25) is 25.0 Å². The van der Waals surface area contributed by atoms with E-state index in [1.165, 1.54) is 39.3 Å². The van der Waals surface area contributed by atoms with E-state index in [-0.39, 0.29) is 38.2 Å². The van der Waals surface area contributed by atoms with E-state index in [0.29, 0.717) is 17.2 Å². The van der Waals surface area contributed by atoms with Crippen molar-refractivity contribution >= 4 is 53.6 Å². The van der Waals surface area contributed by atoms with Gasteiger partial charge in [0.2, 0.25) is 10.9 Å². The lowest BCUT2D eigenvalue weighted by atomic mass is 10.1. The normalized spacial score (nSPS) is 13.2. The Morgan fingerprint density at radius 3 is 1.96 bits per heavy atom. The molecule has 0 aromatic heterocycles. The molecule has 1 atom stereocenters. The molecule has 0 saturated carbocycles. The van der Waals surface area contributed by atoms with Crippen LogP contribution in [-0.4, -0.2) is 67.8 Å². The first-order valence-corrected chi connectivity index (χ1v) is 17.2. The fraction of sp³-hybridized carbons (Fsp3) is 0.222. The van der Waals surface area contributed by atoms with Gasteiger partial charge in [0, 0.05) is 12.1 Å². The number of methoxy groups -OCH3 is 2. The number of rotatable bonds is 14. The van der Waals surface area contributed by atoms with Gasteiger partial charge in [-0.05, 0) is 48.7 Å². The lowest BCUT2D eigenvalue weighted by Crippen LogP contribution is -2.50. The van der Waals surface area contributed by atoms with Crippen LogP contribution in [0.3, 0.4) is 0 Å². The Balaban J connectivity index is 2.10. The maximum atomic E-state index is 13.4. The average molecular weight is 729 g/mol. The quantitative estimate of drug-likeness (QED) is 0.0846. The SMILES string of the molecule is C=C(c1cc(OC)c(NN=c2c(C(=O)O)cc(=O)c(=NNc3cc(C)c(S(=O)(=O)CCOS(=O)(=O)O)cc3OC)c2=O)cc1C)S(=O)O. The van der Waals surface area contributed by atoms with Crippen molar-refractivity contribution in [3.8, 4) is 11.5 Å². The van der Waals surface area contributed by atoms with E-state index in [1.54, 1.807) is 6.92 Å². The number of anilines is 2. The van der Waals surface area contributed by atoms with Crippen LogP contribution < -0.4 is 41.9 Å². The minimum Gasteiger partial charge on any atom is -0.494 e. The number of carboxylic acids is 1. The summed E-state index contributed by atoms with van der Waals surface area (Å²) in [4.78, 5) is 37.7. The zero-order valence-corrected chi connectivity index (χ0v) is 27.9. The van der Waals surface area contributed by atoms with Crippen LogP contribution in [-0.2, 0) is 35.5 Å². The highest BCUT2D eigenvalue weighted by Crippen LogP contribution is 2.33. The summed E-state index contributed by atoms with van der Waals surface area (Å²) in [5.74, 6) is -2.52.